The van der Waals surface area contributed by atoms with Crippen LogP contribution in [0.25, 0.3) is 0 Å². The molecule has 3 nitrogen and oxygen atoms in total. The van der Waals surface area contributed by atoms with Crippen LogP contribution in [0.15, 0.2) is 42.0 Å². The second-order valence-electron chi connectivity index (χ2n) is 5.51. The summed E-state index contributed by atoms with van der Waals surface area (Å²) in [5.74, 6) is -1.12. The van der Waals surface area contributed by atoms with Crippen LogP contribution in [0.5, 0.6) is 0 Å². The average molecular weight is 302 g/mol. The molecule has 0 radical (unpaired) electrons. The van der Waals surface area contributed by atoms with Crippen molar-refractivity contribution in [2.24, 2.45) is 5.92 Å². The van der Waals surface area contributed by atoms with E-state index in [0.29, 0.717) is 19.4 Å². The molecule has 0 bridgehead atoms. The summed E-state index contributed by atoms with van der Waals surface area (Å²) in [6, 6.07) is 10.3. The number of benzene rings is 1. The van der Waals surface area contributed by atoms with Crippen molar-refractivity contribution in [3.63, 3.8) is 0 Å². The molecule has 0 aliphatic carbocycles. The van der Waals surface area contributed by atoms with Gasteiger partial charge in [0.25, 0.3) is 0 Å². The van der Waals surface area contributed by atoms with Crippen molar-refractivity contribution in [1.29, 1.82) is 0 Å². The second-order valence-corrected chi connectivity index (χ2v) is 5.51. The van der Waals surface area contributed by atoms with Crippen LogP contribution < -0.4 is 0 Å². The average Bonchev–Trinajstić information content (AvgIpc) is 2.53. The van der Waals surface area contributed by atoms with E-state index in [2.05, 4.69) is 18.2 Å². The Hall–Kier alpha value is -1.90. The summed E-state index contributed by atoms with van der Waals surface area (Å²) in [4.78, 5) is 23.4. The summed E-state index contributed by atoms with van der Waals surface area (Å²) in [5.41, 5.74) is 2.51. The number of rotatable bonds is 9. The van der Waals surface area contributed by atoms with E-state index in [1.807, 2.05) is 25.1 Å². The Labute approximate surface area is 133 Å². The molecule has 0 heterocycles. The zero-order valence-corrected chi connectivity index (χ0v) is 13.8. The van der Waals surface area contributed by atoms with Gasteiger partial charge in [-0.05, 0) is 45.6 Å². The number of carbonyl (C=O) groups is 2. The third-order valence-corrected chi connectivity index (χ3v) is 3.66. The Morgan fingerprint density at radius 1 is 1.18 bits per heavy atom. The predicted molar refractivity (Wildman–Crippen MR) is 88.6 cm³/mol. The summed E-state index contributed by atoms with van der Waals surface area (Å²) >= 11 is 0. The molecule has 1 aromatic carbocycles. The summed E-state index contributed by atoms with van der Waals surface area (Å²) in [5, 5.41) is 0. The largest absolute Gasteiger partial charge is 0.465 e. The van der Waals surface area contributed by atoms with Crippen LogP contribution >= 0.6 is 0 Å². The highest BCUT2D eigenvalue weighted by molar-refractivity contribution is 5.98. The molecule has 0 aromatic heterocycles. The van der Waals surface area contributed by atoms with Crippen LogP contribution in [0.3, 0.4) is 0 Å². The zero-order valence-electron chi connectivity index (χ0n) is 13.8. The molecule has 0 spiro atoms. The number of allylic oxidation sites excluding steroid dienone is 2. The molecular formula is C19H26O3. The minimum absolute atomic E-state index is 0.0470. The SMILES string of the molecule is CCOC(=O)C(C)C(=O)CCC(C)=CCCc1ccccc1. The summed E-state index contributed by atoms with van der Waals surface area (Å²) in [7, 11) is 0. The van der Waals surface area contributed by atoms with Crippen molar-refractivity contribution in [2.45, 2.75) is 46.5 Å². The number of Topliss-reactive ketones (excluding diaryl/α,β-unsaturated/α-hetero) is 1. The maximum Gasteiger partial charge on any atom is 0.316 e. The minimum atomic E-state index is -0.655. The maximum absolute atomic E-state index is 11.9. The summed E-state index contributed by atoms with van der Waals surface area (Å²) in [6.07, 6.45) is 5.25. The van der Waals surface area contributed by atoms with Crippen LogP contribution in [-0.4, -0.2) is 18.4 Å². The van der Waals surface area contributed by atoms with Gasteiger partial charge in [-0.2, -0.15) is 0 Å². The number of aryl methyl sites for hydroxylation is 1. The van der Waals surface area contributed by atoms with E-state index in [0.717, 1.165) is 12.8 Å². The molecule has 1 unspecified atom stereocenters. The highest BCUT2D eigenvalue weighted by Gasteiger charge is 2.21. The fraction of sp³-hybridized carbons (Fsp3) is 0.474. The van der Waals surface area contributed by atoms with Crippen molar-refractivity contribution in [3.8, 4) is 0 Å². The van der Waals surface area contributed by atoms with Crippen molar-refractivity contribution < 1.29 is 14.3 Å². The number of ketones is 1. The predicted octanol–water partition coefficient (Wildman–Crippen LogP) is 4.11. The zero-order chi connectivity index (χ0) is 16.4. The number of hydrogen-bond donors (Lipinski definition) is 0. The van der Waals surface area contributed by atoms with Gasteiger partial charge in [-0.3, -0.25) is 9.59 Å². The summed E-state index contributed by atoms with van der Waals surface area (Å²) in [6.45, 7) is 5.71. The lowest BCUT2D eigenvalue weighted by Crippen LogP contribution is -2.23. The lowest BCUT2D eigenvalue weighted by atomic mass is 9.99. The molecule has 0 aliphatic rings. The standard InChI is InChI=1S/C19H26O3/c1-4-22-19(21)16(3)18(20)14-13-15(2)9-8-12-17-10-6-5-7-11-17/h5-7,9-11,16H,4,8,12-14H2,1-3H3. The topological polar surface area (TPSA) is 43.4 Å². The highest BCUT2D eigenvalue weighted by Crippen LogP contribution is 2.12. The van der Waals surface area contributed by atoms with Crippen molar-refractivity contribution in [1.82, 2.24) is 0 Å². The quantitative estimate of drug-likeness (QED) is 0.391. The number of esters is 1. The van der Waals surface area contributed by atoms with Crippen LogP contribution in [0.1, 0.15) is 45.6 Å². The van der Waals surface area contributed by atoms with Crippen molar-refractivity contribution in [2.75, 3.05) is 6.61 Å². The third-order valence-electron chi connectivity index (χ3n) is 3.66. The Balaban J connectivity index is 2.32. The molecule has 22 heavy (non-hydrogen) atoms. The van der Waals surface area contributed by atoms with E-state index >= 15 is 0 Å². The van der Waals surface area contributed by atoms with Gasteiger partial charge in [0.05, 0.1) is 6.61 Å². The molecule has 0 N–H and O–H groups in total. The molecule has 0 saturated carbocycles. The van der Waals surface area contributed by atoms with Crippen LogP contribution in [-0.2, 0) is 20.7 Å². The Kier molecular flexibility index (Phi) is 8.19. The van der Waals surface area contributed by atoms with Gasteiger partial charge in [0.1, 0.15) is 11.7 Å². The van der Waals surface area contributed by atoms with Crippen LogP contribution in [0.2, 0.25) is 0 Å². The normalized spacial score (nSPS) is 12.8. The van der Waals surface area contributed by atoms with Gasteiger partial charge in [0.15, 0.2) is 0 Å². The first kappa shape index (κ1) is 18.1. The van der Waals surface area contributed by atoms with Gasteiger partial charge in [-0.25, -0.2) is 0 Å². The van der Waals surface area contributed by atoms with E-state index in [-0.39, 0.29) is 5.78 Å². The van der Waals surface area contributed by atoms with E-state index in [4.69, 9.17) is 4.74 Å². The van der Waals surface area contributed by atoms with E-state index in [1.54, 1.807) is 13.8 Å². The van der Waals surface area contributed by atoms with Gasteiger partial charge in [0.2, 0.25) is 0 Å². The first-order chi connectivity index (χ1) is 10.5. The molecular weight excluding hydrogens is 276 g/mol. The van der Waals surface area contributed by atoms with Gasteiger partial charge < -0.3 is 4.74 Å². The molecule has 1 rings (SSSR count). The molecule has 0 aliphatic heterocycles. The fourth-order valence-corrected chi connectivity index (χ4v) is 2.17. The fourth-order valence-electron chi connectivity index (χ4n) is 2.17. The maximum atomic E-state index is 11.9. The lowest BCUT2D eigenvalue weighted by molar-refractivity contribution is -0.150. The van der Waals surface area contributed by atoms with Crippen molar-refractivity contribution >= 4 is 11.8 Å². The first-order valence-corrected chi connectivity index (χ1v) is 7.93. The Morgan fingerprint density at radius 3 is 2.50 bits per heavy atom. The lowest BCUT2D eigenvalue weighted by Gasteiger charge is -2.09. The molecule has 0 saturated heterocycles. The highest BCUT2D eigenvalue weighted by atomic mass is 16.5. The van der Waals surface area contributed by atoms with Crippen LogP contribution in [0.4, 0.5) is 0 Å². The first-order valence-electron chi connectivity index (χ1n) is 7.93. The smallest absolute Gasteiger partial charge is 0.316 e. The minimum Gasteiger partial charge on any atom is -0.465 e. The monoisotopic (exact) mass is 302 g/mol. The van der Waals surface area contributed by atoms with Crippen molar-refractivity contribution in [3.05, 3.63) is 47.5 Å². The number of hydrogen-bond acceptors (Lipinski definition) is 3. The van der Waals surface area contributed by atoms with Gasteiger partial charge in [0, 0.05) is 6.42 Å². The third kappa shape index (κ3) is 6.70. The molecule has 1 atom stereocenters. The van der Waals surface area contributed by atoms with Crippen LogP contribution in [0, 0.1) is 5.92 Å². The number of ether oxygens (including phenoxy) is 1. The van der Waals surface area contributed by atoms with Gasteiger partial charge >= 0.3 is 5.97 Å². The molecule has 0 amide bonds. The Bertz CT molecular complexity index is 503. The Morgan fingerprint density at radius 2 is 1.86 bits per heavy atom. The number of carbonyl (C=O) groups excluding carboxylic acids is 2. The van der Waals surface area contributed by atoms with E-state index in [9.17, 15) is 9.59 Å². The molecule has 120 valence electrons. The van der Waals surface area contributed by atoms with E-state index in [1.165, 1.54) is 11.1 Å². The van der Waals surface area contributed by atoms with Gasteiger partial charge in [-0.1, -0.05) is 42.0 Å². The second kappa shape index (κ2) is 9.93. The molecule has 0 fully saturated rings. The summed E-state index contributed by atoms with van der Waals surface area (Å²) < 4.78 is 4.87. The van der Waals surface area contributed by atoms with E-state index < -0.39 is 11.9 Å². The van der Waals surface area contributed by atoms with Gasteiger partial charge in [-0.15, -0.1) is 0 Å². The molecule has 3 heteroatoms. The molecule has 1 aromatic rings.